The lowest BCUT2D eigenvalue weighted by Gasteiger charge is -2.16. The van der Waals surface area contributed by atoms with E-state index < -0.39 is 6.10 Å². The molecule has 0 fully saturated rings. The summed E-state index contributed by atoms with van der Waals surface area (Å²) in [6, 6.07) is -0.260. The van der Waals surface area contributed by atoms with Crippen molar-refractivity contribution in [3.63, 3.8) is 0 Å². The molecule has 0 aromatic rings. The molecule has 9 heteroatoms. The number of aliphatic hydroxyl groups excluding tert-OH is 6. The van der Waals surface area contributed by atoms with Gasteiger partial charge in [-0.15, -0.1) is 11.6 Å². The molecule has 0 saturated carbocycles. The fourth-order valence-corrected chi connectivity index (χ4v) is 1.74. The van der Waals surface area contributed by atoms with Gasteiger partial charge in [0, 0.05) is 44.3 Å². The highest BCUT2D eigenvalue weighted by Gasteiger charge is 2.08. The van der Waals surface area contributed by atoms with E-state index >= 15 is 0 Å². The quantitative estimate of drug-likeness (QED) is 0.163. The largest absolute Gasteiger partial charge is 0.396 e. The summed E-state index contributed by atoms with van der Waals surface area (Å²) in [5.74, 6) is 0.171. The number of alkyl halides is 1. The normalized spacial score (nSPS) is 16.0. The number of aliphatic hydroxyl groups is 6. The first-order valence-corrected chi connectivity index (χ1v) is 8.84. The van der Waals surface area contributed by atoms with E-state index in [4.69, 9.17) is 42.2 Å². The lowest BCUT2D eigenvalue weighted by atomic mass is 10.2. The molecule has 0 aromatic heterocycles. The third-order valence-electron chi connectivity index (χ3n) is 3.33. The van der Waals surface area contributed by atoms with Crippen LogP contribution in [-0.2, 0) is 0 Å². The van der Waals surface area contributed by atoms with Gasteiger partial charge in [-0.2, -0.15) is 0 Å². The molecule has 0 heterocycles. The molecule has 0 rings (SSSR count). The van der Waals surface area contributed by atoms with Crippen LogP contribution in [0, 0.1) is 0 Å². The molecule has 0 spiro atoms. The topological polar surface area (TPSA) is 145 Å². The molecule has 4 unspecified atom stereocenters. The maximum absolute atomic E-state index is 9.16. The zero-order chi connectivity index (χ0) is 18.8. The molecule has 0 amide bonds. The fraction of sp³-hybridized carbons (Fsp3) is 1.00. The van der Waals surface area contributed by atoms with Gasteiger partial charge in [0.1, 0.15) is 0 Å². The van der Waals surface area contributed by atoms with Crippen molar-refractivity contribution in [2.24, 2.45) is 0 Å². The molecule has 0 aliphatic heterocycles. The Morgan fingerprint density at radius 3 is 1.50 bits per heavy atom. The Bertz CT molecular complexity index is 230. The maximum atomic E-state index is 9.16. The molecule has 4 atom stereocenters. The van der Waals surface area contributed by atoms with Crippen LogP contribution in [0.5, 0.6) is 0 Å². The van der Waals surface area contributed by atoms with Gasteiger partial charge in [0.2, 0.25) is 0 Å². The average Bonchev–Trinajstić information content (AvgIpc) is 2.61. The molecule has 148 valence electrons. The highest BCUT2D eigenvalue weighted by Crippen LogP contribution is 1.93. The zero-order valence-electron chi connectivity index (χ0n) is 14.4. The van der Waals surface area contributed by atoms with Crippen molar-refractivity contribution < 1.29 is 30.6 Å². The SMILES string of the molecule is CCC(O)CNC(CO)CCO.OCCC(CO)NCC(O)CCl. The van der Waals surface area contributed by atoms with Crippen LogP contribution in [0.3, 0.4) is 0 Å². The van der Waals surface area contributed by atoms with Crippen LogP contribution in [0.15, 0.2) is 0 Å². The summed E-state index contributed by atoms with van der Waals surface area (Å²) in [4.78, 5) is 0. The summed E-state index contributed by atoms with van der Waals surface area (Å²) in [6.45, 7) is 2.74. The van der Waals surface area contributed by atoms with Gasteiger partial charge in [-0.3, -0.25) is 0 Å². The average molecular weight is 375 g/mol. The highest BCUT2D eigenvalue weighted by molar-refractivity contribution is 6.18. The molecule has 0 saturated heterocycles. The van der Waals surface area contributed by atoms with E-state index in [0.717, 1.165) is 0 Å². The van der Waals surface area contributed by atoms with Gasteiger partial charge in [-0.1, -0.05) is 6.92 Å². The lowest BCUT2D eigenvalue weighted by molar-refractivity contribution is 0.145. The van der Waals surface area contributed by atoms with Crippen LogP contribution in [0.1, 0.15) is 26.2 Å². The molecule has 0 aliphatic carbocycles. The molecule has 8 nitrogen and oxygen atoms in total. The molecular weight excluding hydrogens is 340 g/mol. The molecule has 0 aliphatic rings. The van der Waals surface area contributed by atoms with E-state index in [1.165, 1.54) is 0 Å². The number of hydrogen-bond donors (Lipinski definition) is 8. The van der Waals surface area contributed by atoms with E-state index in [1.807, 2.05) is 6.92 Å². The second kappa shape index (κ2) is 19.3. The third-order valence-corrected chi connectivity index (χ3v) is 3.69. The Kier molecular flexibility index (Phi) is 21.1. The number of rotatable bonds is 14. The number of nitrogens with one attached hydrogen (secondary N) is 2. The summed E-state index contributed by atoms with van der Waals surface area (Å²) >= 11 is 5.35. The summed E-state index contributed by atoms with van der Waals surface area (Å²) in [6.07, 6.45) is 0.736. The second-order valence-electron chi connectivity index (χ2n) is 5.47. The van der Waals surface area contributed by atoms with Crippen molar-refractivity contribution in [2.45, 2.75) is 50.5 Å². The van der Waals surface area contributed by atoms with E-state index in [2.05, 4.69) is 10.6 Å². The first-order chi connectivity index (χ1) is 11.5. The molecule has 24 heavy (non-hydrogen) atoms. The third kappa shape index (κ3) is 16.8. The van der Waals surface area contributed by atoms with E-state index in [9.17, 15) is 0 Å². The predicted molar refractivity (Wildman–Crippen MR) is 94.2 cm³/mol. The summed E-state index contributed by atoms with van der Waals surface area (Å²) in [5, 5.41) is 58.7. The Morgan fingerprint density at radius 2 is 1.21 bits per heavy atom. The number of halogens is 1. The van der Waals surface area contributed by atoms with Gasteiger partial charge in [0.25, 0.3) is 0 Å². The van der Waals surface area contributed by atoms with Crippen molar-refractivity contribution in [3.8, 4) is 0 Å². The molecule has 8 N–H and O–H groups in total. The van der Waals surface area contributed by atoms with Gasteiger partial charge < -0.3 is 41.3 Å². The zero-order valence-corrected chi connectivity index (χ0v) is 15.2. The van der Waals surface area contributed by atoms with E-state index in [0.29, 0.717) is 32.4 Å². The summed E-state index contributed by atoms with van der Waals surface area (Å²) in [5.41, 5.74) is 0. The Labute approximate surface area is 149 Å². The standard InChI is InChI=1S/C8H19NO3.C7H16ClNO3/c1-2-8(12)5-9-7(6-11)3-4-10;8-3-7(12)4-9-6(5-11)1-2-10/h7-12H,2-6H2,1H3;6-7,9-12H,1-5H2. The van der Waals surface area contributed by atoms with Crippen molar-refractivity contribution in [1.82, 2.24) is 10.6 Å². The first kappa shape index (κ1) is 26.2. The molecule has 0 bridgehead atoms. The van der Waals surface area contributed by atoms with Gasteiger partial charge in [0.05, 0.1) is 25.4 Å². The molecule has 0 aromatic carbocycles. The van der Waals surface area contributed by atoms with E-state index in [-0.39, 0.29) is 50.5 Å². The first-order valence-electron chi connectivity index (χ1n) is 8.31. The Morgan fingerprint density at radius 1 is 0.792 bits per heavy atom. The summed E-state index contributed by atoms with van der Waals surface area (Å²) < 4.78 is 0. The fourth-order valence-electron chi connectivity index (χ4n) is 1.63. The molecular formula is C15H35ClN2O6. The monoisotopic (exact) mass is 374 g/mol. The Hall–Kier alpha value is -0.0300. The van der Waals surface area contributed by atoms with Crippen molar-refractivity contribution in [3.05, 3.63) is 0 Å². The minimum absolute atomic E-state index is 0.00298. The predicted octanol–water partition coefficient (Wildman–Crippen LogP) is -1.99. The van der Waals surface area contributed by atoms with E-state index in [1.54, 1.807) is 0 Å². The van der Waals surface area contributed by atoms with Crippen molar-refractivity contribution >= 4 is 11.6 Å². The maximum Gasteiger partial charge on any atom is 0.0799 e. The minimum Gasteiger partial charge on any atom is -0.396 e. The Balaban J connectivity index is 0. The summed E-state index contributed by atoms with van der Waals surface area (Å²) in [7, 11) is 0. The van der Waals surface area contributed by atoms with Crippen LogP contribution in [0.25, 0.3) is 0 Å². The van der Waals surface area contributed by atoms with Gasteiger partial charge in [-0.25, -0.2) is 0 Å². The smallest absolute Gasteiger partial charge is 0.0799 e. The lowest BCUT2D eigenvalue weighted by Crippen LogP contribution is -2.39. The van der Waals surface area contributed by atoms with Crippen LogP contribution >= 0.6 is 11.6 Å². The van der Waals surface area contributed by atoms with Crippen LogP contribution in [0.4, 0.5) is 0 Å². The minimum atomic E-state index is -0.598. The molecule has 0 radical (unpaired) electrons. The van der Waals surface area contributed by atoms with Crippen molar-refractivity contribution in [1.29, 1.82) is 0 Å². The number of hydrogen-bond acceptors (Lipinski definition) is 8. The van der Waals surface area contributed by atoms with Gasteiger partial charge in [-0.05, 0) is 19.3 Å². The van der Waals surface area contributed by atoms with Crippen LogP contribution in [0.2, 0.25) is 0 Å². The highest BCUT2D eigenvalue weighted by atomic mass is 35.5. The second-order valence-corrected chi connectivity index (χ2v) is 5.78. The van der Waals surface area contributed by atoms with Gasteiger partial charge >= 0.3 is 0 Å². The van der Waals surface area contributed by atoms with Crippen LogP contribution in [-0.4, -0.2) is 100 Å². The van der Waals surface area contributed by atoms with Gasteiger partial charge in [0.15, 0.2) is 0 Å². The van der Waals surface area contributed by atoms with Crippen LogP contribution < -0.4 is 10.6 Å². The van der Waals surface area contributed by atoms with Crippen molar-refractivity contribution in [2.75, 3.05) is 45.4 Å².